The van der Waals surface area contributed by atoms with Gasteiger partial charge in [-0.2, -0.15) is 5.26 Å². The van der Waals surface area contributed by atoms with Gasteiger partial charge < -0.3 is 14.4 Å². The Bertz CT molecular complexity index is 635. The molecule has 0 amide bonds. The molecule has 1 saturated heterocycles. The molecule has 0 radical (unpaired) electrons. The summed E-state index contributed by atoms with van der Waals surface area (Å²) in [5.41, 5.74) is 2.19. The van der Waals surface area contributed by atoms with Gasteiger partial charge in [0.25, 0.3) is 0 Å². The smallest absolute Gasteiger partial charge is 0.349 e. The first-order valence-electron chi connectivity index (χ1n) is 6.90. The third kappa shape index (κ3) is 3.74. The summed E-state index contributed by atoms with van der Waals surface area (Å²) >= 11 is 0. The van der Waals surface area contributed by atoms with Crippen molar-refractivity contribution < 1.29 is 14.3 Å². The standard InChI is InChI=1S/C17H18N2O3/c1-4-15(12-5-7-13(8-6-12)19(2)3)16(9-18)17(20)22-11-14-10-21-14/h4-8,14H,1,10-11H2,2-3H3. The number of rotatable bonds is 6. The Balaban J connectivity index is 2.26. The van der Waals surface area contributed by atoms with Crippen LogP contribution in [-0.4, -0.2) is 39.4 Å². The average molecular weight is 298 g/mol. The van der Waals surface area contributed by atoms with Gasteiger partial charge in [-0.25, -0.2) is 4.79 Å². The number of nitriles is 1. The molecule has 0 aliphatic carbocycles. The highest BCUT2D eigenvalue weighted by atomic mass is 16.6. The first kappa shape index (κ1) is 15.8. The SMILES string of the molecule is C=CC(=C(C#N)C(=O)OCC1CO1)c1ccc(N(C)C)cc1. The summed E-state index contributed by atoms with van der Waals surface area (Å²) in [5.74, 6) is -0.649. The third-order valence-corrected chi connectivity index (χ3v) is 3.29. The number of allylic oxidation sites excluding steroid dienone is 2. The number of carbonyl (C=O) groups excluding carboxylic acids is 1. The molecule has 1 aromatic rings. The molecule has 2 rings (SSSR count). The number of nitrogens with zero attached hydrogens (tertiary/aromatic N) is 2. The van der Waals surface area contributed by atoms with Crippen LogP contribution in [0.5, 0.6) is 0 Å². The Hall–Kier alpha value is -2.58. The van der Waals surface area contributed by atoms with Crippen molar-refractivity contribution in [2.45, 2.75) is 6.10 Å². The van der Waals surface area contributed by atoms with Gasteiger partial charge >= 0.3 is 5.97 Å². The molecule has 0 spiro atoms. The molecule has 0 N–H and O–H groups in total. The van der Waals surface area contributed by atoms with Gasteiger partial charge in [0.05, 0.1) is 6.61 Å². The van der Waals surface area contributed by atoms with Crippen LogP contribution >= 0.6 is 0 Å². The zero-order chi connectivity index (χ0) is 16.1. The monoisotopic (exact) mass is 298 g/mol. The highest BCUT2D eigenvalue weighted by Gasteiger charge is 2.26. The molecule has 114 valence electrons. The highest BCUT2D eigenvalue weighted by molar-refractivity contribution is 6.03. The van der Waals surface area contributed by atoms with Crippen molar-refractivity contribution in [3.8, 4) is 6.07 Å². The van der Waals surface area contributed by atoms with E-state index in [1.54, 1.807) is 0 Å². The predicted octanol–water partition coefficient (Wildman–Crippen LogP) is 2.16. The minimum Gasteiger partial charge on any atom is -0.459 e. The molecule has 5 heteroatoms. The van der Waals surface area contributed by atoms with Crippen LogP contribution in [0, 0.1) is 11.3 Å². The van der Waals surface area contributed by atoms with Crippen molar-refractivity contribution in [1.29, 1.82) is 5.26 Å². The first-order chi connectivity index (χ1) is 10.6. The van der Waals surface area contributed by atoms with Gasteiger partial charge in [0.1, 0.15) is 24.4 Å². The first-order valence-corrected chi connectivity index (χ1v) is 6.90. The lowest BCUT2D eigenvalue weighted by molar-refractivity contribution is -0.138. The van der Waals surface area contributed by atoms with Crippen LogP contribution in [-0.2, 0) is 14.3 Å². The van der Waals surface area contributed by atoms with E-state index in [4.69, 9.17) is 9.47 Å². The fraction of sp³-hybridized carbons (Fsp3) is 0.294. The van der Waals surface area contributed by atoms with Crippen molar-refractivity contribution in [2.24, 2.45) is 0 Å². The van der Waals surface area contributed by atoms with Crippen molar-refractivity contribution >= 4 is 17.2 Å². The van der Waals surface area contributed by atoms with Crippen molar-refractivity contribution in [1.82, 2.24) is 0 Å². The molecule has 1 heterocycles. The number of epoxide rings is 1. The van der Waals surface area contributed by atoms with Crippen LogP contribution in [0.15, 0.2) is 42.5 Å². The van der Waals surface area contributed by atoms with E-state index in [2.05, 4.69) is 6.58 Å². The summed E-state index contributed by atoms with van der Waals surface area (Å²) in [6.07, 6.45) is 1.47. The molecule has 1 unspecified atom stereocenters. The van der Waals surface area contributed by atoms with Crippen molar-refractivity contribution in [3.05, 3.63) is 48.1 Å². The van der Waals surface area contributed by atoms with Gasteiger partial charge in [0.2, 0.25) is 0 Å². The zero-order valence-electron chi connectivity index (χ0n) is 12.7. The summed E-state index contributed by atoms with van der Waals surface area (Å²) in [4.78, 5) is 14.0. The maximum atomic E-state index is 12.0. The lowest BCUT2D eigenvalue weighted by Gasteiger charge is -2.13. The molecule has 1 atom stereocenters. The fourth-order valence-electron chi connectivity index (χ4n) is 1.92. The van der Waals surface area contributed by atoms with Gasteiger partial charge in [-0.15, -0.1) is 0 Å². The molecular weight excluding hydrogens is 280 g/mol. The number of benzene rings is 1. The second-order valence-corrected chi connectivity index (χ2v) is 5.10. The van der Waals surface area contributed by atoms with E-state index in [0.29, 0.717) is 12.2 Å². The molecule has 1 aliphatic rings. The number of hydrogen-bond donors (Lipinski definition) is 0. The lowest BCUT2D eigenvalue weighted by Crippen LogP contribution is -2.12. The molecule has 0 aromatic heterocycles. The van der Waals surface area contributed by atoms with Crippen LogP contribution in [0.2, 0.25) is 0 Å². The van der Waals surface area contributed by atoms with E-state index in [1.165, 1.54) is 6.08 Å². The van der Waals surface area contributed by atoms with E-state index >= 15 is 0 Å². The predicted molar refractivity (Wildman–Crippen MR) is 84.2 cm³/mol. The third-order valence-electron chi connectivity index (χ3n) is 3.29. The molecule has 1 aromatic carbocycles. The number of ether oxygens (including phenoxy) is 2. The van der Waals surface area contributed by atoms with Crippen molar-refractivity contribution in [2.75, 3.05) is 32.2 Å². The molecule has 0 bridgehead atoms. The molecule has 0 saturated carbocycles. The van der Waals surface area contributed by atoms with E-state index in [9.17, 15) is 10.1 Å². The quantitative estimate of drug-likeness (QED) is 0.265. The molecule has 5 nitrogen and oxygen atoms in total. The number of hydrogen-bond acceptors (Lipinski definition) is 5. The van der Waals surface area contributed by atoms with Gasteiger partial charge in [0.15, 0.2) is 0 Å². The summed E-state index contributed by atoms with van der Waals surface area (Å²) < 4.78 is 10.1. The number of anilines is 1. The average Bonchev–Trinajstić information content (AvgIpc) is 3.34. The van der Waals surface area contributed by atoms with Gasteiger partial charge in [-0.3, -0.25) is 0 Å². The summed E-state index contributed by atoms with van der Waals surface area (Å²) in [6, 6.07) is 9.44. The Morgan fingerprint density at radius 1 is 1.50 bits per heavy atom. The Morgan fingerprint density at radius 3 is 2.59 bits per heavy atom. The lowest BCUT2D eigenvalue weighted by atomic mass is 10.00. The highest BCUT2D eigenvalue weighted by Crippen LogP contribution is 2.23. The Morgan fingerprint density at radius 2 is 2.14 bits per heavy atom. The zero-order valence-corrected chi connectivity index (χ0v) is 12.7. The van der Waals surface area contributed by atoms with Crippen LogP contribution in [0.1, 0.15) is 5.56 Å². The van der Waals surface area contributed by atoms with Gasteiger partial charge in [-0.05, 0) is 17.7 Å². The summed E-state index contributed by atoms with van der Waals surface area (Å²) in [5, 5.41) is 9.29. The largest absolute Gasteiger partial charge is 0.459 e. The second kappa shape index (κ2) is 6.92. The van der Waals surface area contributed by atoms with E-state index in [1.807, 2.05) is 49.3 Å². The minimum absolute atomic E-state index is 0.0320. The van der Waals surface area contributed by atoms with Crippen LogP contribution in [0.3, 0.4) is 0 Å². The topological polar surface area (TPSA) is 65.9 Å². The fourth-order valence-corrected chi connectivity index (χ4v) is 1.92. The summed E-state index contributed by atoms with van der Waals surface area (Å²) in [6.45, 7) is 4.47. The molecule has 1 aliphatic heterocycles. The maximum Gasteiger partial charge on any atom is 0.349 e. The number of esters is 1. The van der Waals surface area contributed by atoms with E-state index in [0.717, 1.165) is 11.3 Å². The van der Waals surface area contributed by atoms with E-state index < -0.39 is 5.97 Å². The van der Waals surface area contributed by atoms with Crippen LogP contribution in [0.4, 0.5) is 5.69 Å². The minimum atomic E-state index is -0.649. The summed E-state index contributed by atoms with van der Waals surface area (Å²) in [7, 11) is 3.88. The number of carbonyl (C=O) groups is 1. The van der Waals surface area contributed by atoms with Gasteiger partial charge in [0, 0.05) is 25.4 Å². The molecular formula is C17H18N2O3. The van der Waals surface area contributed by atoms with E-state index in [-0.39, 0.29) is 18.3 Å². The second-order valence-electron chi connectivity index (χ2n) is 5.10. The Kier molecular flexibility index (Phi) is 4.97. The van der Waals surface area contributed by atoms with Crippen LogP contribution < -0.4 is 4.90 Å². The van der Waals surface area contributed by atoms with Crippen molar-refractivity contribution in [3.63, 3.8) is 0 Å². The molecule has 1 fully saturated rings. The van der Waals surface area contributed by atoms with Gasteiger partial charge in [-0.1, -0.05) is 24.8 Å². The Labute approximate surface area is 130 Å². The normalized spacial score (nSPS) is 17.0. The molecule has 22 heavy (non-hydrogen) atoms. The maximum absolute atomic E-state index is 12.0. The van der Waals surface area contributed by atoms with Crippen LogP contribution in [0.25, 0.3) is 5.57 Å².